The van der Waals surface area contributed by atoms with E-state index in [0.29, 0.717) is 6.04 Å². The average molecular weight is 237 g/mol. The molecule has 0 bridgehead atoms. The molecule has 0 unspecified atom stereocenters. The Morgan fingerprint density at radius 2 is 1.82 bits per heavy atom. The third-order valence-corrected chi connectivity index (χ3v) is 3.07. The van der Waals surface area contributed by atoms with Gasteiger partial charge in [0.2, 0.25) is 0 Å². The Kier molecular flexibility index (Phi) is 5.19. The highest BCUT2D eigenvalue weighted by Gasteiger charge is 2.12. The Bertz CT molecular complexity index is 351. The summed E-state index contributed by atoms with van der Waals surface area (Å²) in [6, 6.07) is 0.450. The highest BCUT2D eigenvalue weighted by molar-refractivity contribution is 5.25. The molecule has 1 aromatic heterocycles. The molecule has 0 radical (unpaired) electrons. The molecular formula is C14H27N3. The van der Waals surface area contributed by atoms with Crippen molar-refractivity contribution in [1.82, 2.24) is 15.1 Å². The minimum Gasteiger partial charge on any atom is -0.316 e. The molecule has 0 aliphatic heterocycles. The Morgan fingerprint density at radius 3 is 2.29 bits per heavy atom. The lowest BCUT2D eigenvalue weighted by atomic mass is 10.1. The Balaban J connectivity index is 2.59. The molecule has 3 heteroatoms. The van der Waals surface area contributed by atoms with Crippen LogP contribution in [0.15, 0.2) is 0 Å². The molecule has 1 rings (SSSR count). The second kappa shape index (κ2) is 6.20. The van der Waals surface area contributed by atoms with Gasteiger partial charge in [-0.1, -0.05) is 13.8 Å². The summed E-state index contributed by atoms with van der Waals surface area (Å²) in [6.07, 6.45) is 1.08. The number of nitrogens with one attached hydrogen (secondary N) is 1. The molecular weight excluding hydrogens is 210 g/mol. The van der Waals surface area contributed by atoms with E-state index in [1.807, 2.05) is 0 Å². The molecule has 1 heterocycles. The van der Waals surface area contributed by atoms with Gasteiger partial charge in [0.1, 0.15) is 0 Å². The summed E-state index contributed by atoms with van der Waals surface area (Å²) in [6.45, 7) is 15.3. The summed E-state index contributed by atoms with van der Waals surface area (Å²) < 4.78 is 2.13. The highest BCUT2D eigenvalue weighted by Crippen LogP contribution is 2.17. The van der Waals surface area contributed by atoms with Crippen LogP contribution in [0.4, 0.5) is 0 Å². The summed E-state index contributed by atoms with van der Waals surface area (Å²) in [7, 11) is 0. The van der Waals surface area contributed by atoms with Crippen LogP contribution in [0.5, 0.6) is 0 Å². The van der Waals surface area contributed by atoms with E-state index < -0.39 is 0 Å². The van der Waals surface area contributed by atoms with Crippen molar-refractivity contribution in [3.63, 3.8) is 0 Å². The van der Waals surface area contributed by atoms with Crippen LogP contribution in [0.2, 0.25) is 0 Å². The van der Waals surface area contributed by atoms with E-state index in [1.54, 1.807) is 0 Å². The van der Waals surface area contributed by atoms with Crippen molar-refractivity contribution in [3.8, 4) is 0 Å². The number of aromatic nitrogens is 2. The fraction of sp³-hybridized carbons (Fsp3) is 0.786. The second-order valence-electron chi connectivity index (χ2n) is 5.54. The number of rotatable bonds is 6. The molecule has 0 amide bonds. The minimum atomic E-state index is 0.450. The summed E-state index contributed by atoms with van der Waals surface area (Å²) in [5.41, 5.74) is 3.92. The zero-order valence-electron chi connectivity index (χ0n) is 12.2. The van der Waals surface area contributed by atoms with Gasteiger partial charge in [0, 0.05) is 11.7 Å². The van der Waals surface area contributed by atoms with E-state index in [1.165, 1.54) is 17.0 Å². The first-order chi connectivity index (χ1) is 7.93. The number of nitrogens with zero attached hydrogens (tertiary/aromatic N) is 2. The van der Waals surface area contributed by atoms with E-state index in [9.17, 15) is 0 Å². The van der Waals surface area contributed by atoms with Crippen molar-refractivity contribution in [2.45, 2.75) is 54.0 Å². The van der Waals surface area contributed by atoms with Crippen LogP contribution in [0.3, 0.4) is 0 Å². The van der Waals surface area contributed by atoms with Gasteiger partial charge >= 0.3 is 0 Å². The minimum absolute atomic E-state index is 0.450. The summed E-state index contributed by atoms with van der Waals surface area (Å²) in [4.78, 5) is 0. The molecule has 0 aromatic carbocycles. The van der Waals surface area contributed by atoms with Crippen molar-refractivity contribution in [1.29, 1.82) is 0 Å². The normalized spacial score (nSPS) is 11.8. The molecule has 0 saturated heterocycles. The van der Waals surface area contributed by atoms with Crippen LogP contribution in [0.25, 0.3) is 0 Å². The summed E-state index contributed by atoms with van der Waals surface area (Å²) in [5.74, 6) is 0.718. The van der Waals surface area contributed by atoms with Gasteiger partial charge < -0.3 is 5.32 Å². The molecule has 0 saturated carbocycles. The SMILES string of the molecule is Cc1nn(C(C)C)c(C)c1CCNCC(C)C. The van der Waals surface area contributed by atoms with Gasteiger partial charge in [-0.3, -0.25) is 4.68 Å². The van der Waals surface area contributed by atoms with E-state index in [-0.39, 0.29) is 0 Å². The van der Waals surface area contributed by atoms with Crippen molar-refractivity contribution in [2.75, 3.05) is 13.1 Å². The molecule has 1 aromatic rings. The maximum absolute atomic E-state index is 4.61. The van der Waals surface area contributed by atoms with Crippen LogP contribution in [-0.4, -0.2) is 22.9 Å². The fourth-order valence-electron chi connectivity index (χ4n) is 2.17. The van der Waals surface area contributed by atoms with E-state index in [4.69, 9.17) is 0 Å². The van der Waals surface area contributed by atoms with Crippen LogP contribution < -0.4 is 5.32 Å². The zero-order valence-corrected chi connectivity index (χ0v) is 12.2. The maximum Gasteiger partial charge on any atom is 0.0629 e. The highest BCUT2D eigenvalue weighted by atomic mass is 15.3. The first-order valence-corrected chi connectivity index (χ1v) is 6.68. The topological polar surface area (TPSA) is 29.9 Å². The third-order valence-electron chi connectivity index (χ3n) is 3.07. The molecule has 0 fully saturated rings. The molecule has 1 N–H and O–H groups in total. The first-order valence-electron chi connectivity index (χ1n) is 6.68. The van der Waals surface area contributed by atoms with Gasteiger partial charge in [-0.2, -0.15) is 5.10 Å². The lowest BCUT2D eigenvalue weighted by Crippen LogP contribution is -2.22. The molecule has 17 heavy (non-hydrogen) atoms. The Hall–Kier alpha value is -0.830. The zero-order chi connectivity index (χ0) is 13.0. The van der Waals surface area contributed by atoms with E-state index >= 15 is 0 Å². The average Bonchev–Trinajstić information content (AvgIpc) is 2.50. The van der Waals surface area contributed by atoms with Crippen LogP contribution in [-0.2, 0) is 6.42 Å². The number of hydrogen-bond donors (Lipinski definition) is 1. The molecule has 0 aliphatic rings. The molecule has 0 spiro atoms. The Labute approximate surface area is 106 Å². The molecule has 98 valence electrons. The van der Waals surface area contributed by atoms with Crippen molar-refractivity contribution < 1.29 is 0 Å². The van der Waals surface area contributed by atoms with E-state index in [2.05, 4.69) is 56.6 Å². The maximum atomic E-state index is 4.61. The van der Waals surface area contributed by atoms with Gasteiger partial charge in [-0.15, -0.1) is 0 Å². The number of aryl methyl sites for hydroxylation is 1. The van der Waals surface area contributed by atoms with Crippen molar-refractivity contribution >= 4 is 0 Å². The molecule has 3 nitrogen and oxygen atoms in total. The summed E-state index contributed by atoms with van der Waals surface area (Å²) >= 11 is 0. The van der Waals surface area contributed by atoms with Gasteiger partial charge in [0.15, 0.2) is 0 Å². The monoisotopic (exact) mass is 237 g/mol. The van der Waals surface area contributed by atoms with Crippen molar-refractivity contribution in [3.05, 3.63) is 17.0 Å². The predicted molar refractivity (Wildman–Crippen MR) is 73.5 cm³/mol. The predicted octanol–water partition coefficient (Wildman–Crippen LogP) is 2.87. The standard InChI is InChI=1S/C14H27N3/c1-10(2)9-15-8-7-14-12(5)16-17(11(3)4)13(14)6/h10-11,15H,7-9H2,1-6H3. The third kappa shape index (κ3) is 3.84. The van der Waals surface area contributed by atoms with Crippen LogP contribution >= 0.6 is 0 Å². The van der Waals surface area contributed by atoms with Gasteiger partial charge in [-0.25, -0.2) is 0 Å². The summed E-state index contributed by atoms with van der Waals surface area (Å²) in [5, 5.41) is 8.10. The van der Waals surface area contributed by atoms with Gasteiger partial charge in [-0.05, 0) is 58.7 Å². The largest absolute Gasteiger partial charge is 0.316 e. The fourth-order valence-corrected chi connectivity index (χ4v) is 2.17. The van der Waals surface area contributed by atoms with Gasteiger partial charge in [0.05, 0.1) is 5.69 Å². The lowest BCUT2D eigenvalue weighted by Gasteiger charge is -2.09. The van der Waals surface area contributed by atoms with E-state index in [0.717, 1.165) is 25.4 Å². The van der Waals surface area contributed by atoms with Crippen LogP contribution in [0, 0.1) is 19.8 Å². The van der Waals surface area contributed by atoms with Crippen molar-refractivity contribution in [2.24, 2.45) is 5.92 Å². The second-order valence-corrected chi connectivity index (χ2v) is 5.54. The Morgan fingerprint density at radius 1 is 1.18 bits per heavy atom. The molecule has 0 aliphatic carbocycles. The lowest BCUT2D eigenvalue weighted by molar-refractivity contribution is 0.515. The van der Waals surface area contributed by atoms with Gasteiger partial charge in [0.25, 0.3) is 0 Å². The first kappa shape index (κ1) is 14.2. The quantitative estimate of drug-likeness (QED) is 0.771. The molecule has 0 atom stereocenters. The smallest absolute Gasteiger partial charge is 0.0629 e. The number of hydrogen-bond acceptors (Lipinski definition) is 2. The van der Waals surface area contributed by atoms with Crippen LogP contribution in [0.1, 0.15) is 50.7 Å².